The van der Waals surface area contributed by atoms with Crippen LogP contribution in [0.4, 0.5) is 0 Å². The number of nitrogens with zero attached hydrogens (tertiary/aromatic N) is 1. The van der Waals surface area contributed by atoms with Crippen LogP contribution >= 0.6 is 0 Å². The summed E-state index contributed by atoms with van der Waals surface area (Å²) in [6, 6.07) is 0.246. The predicted molar refractivity (Wildman–Crippen MR) is 74.8 cm³/mol. The largest absolute Gasteiger partial charge is 0.383 e. The zero-order valence-corrected chi connectivity index (χ0v) is 12.4. The highest BCUT2D eigenvalue weighted by atomic mass is 16.5. The number of ether oxygens (including phenoxy) is 2. The van der Waals surface area contributed by atoms with E-state index in [1.807, 2.05) is 4.90 Å². The number of hydrogen-bond donors (Lipinski definition) is 1. The minimum atomic E-state index is 0.114. The van der Waals surface area contributed by atoms with Crippen LogP contribution in [0.1, 0.15) is 26.2 Å². The fourth-order valence-electron chi connectivity index (χ4n) is 2.64. The SMILES string of the molecule is COCCN(CCOC)C(=O)C1CCC(N)C(C)C1. The second-order valence-electron chi connectivity index (χ2n) is 5.46. The zero-order chi connectivity index (χ0) is 14.3. The first-order valence-electron chi connectivity index (χ1n) is 7.12. The lowest BCUT2D eigenvalue weighted by Crippen LogP contribution is -2.44. The summed E-state index contributed by atoms with van der Waals surface area (Å²) in [6.07, 6.45) is 2.75. The third-order valence-electron chi connectivity index (χ3n) is 4.03. The molecule has 0 heterocycles. The van der Waals surface area contributed by atoms with Gasteiger partial charge in [-0.15, -0.1) is 0 Å². The molecular formula is C14H28N2O3. The first-order chi connectivity index (χ1) is 9.10. The molecule has 0 aromatic heterocycles. The minimum Gasteiger partial charge on any atom is -0.383 e. The molecule has 0 aromatic rings. The molecular weight excluding hydrogens is 244 g/mol. The third-order valence-corrected chi connectivity index (χ3v) is 4.03. The highest BCUT2D eigenvalue weighted by Gasteiger charge is 2.31. The molecule has 2 N–H and O–H groups in total. The highest BCUT2D eigenvalue weighted by Crippen LogP contribution is 2.29. The molecule has 112 valence electrons. The summed E-state index contributed by atoms with van der Waals surface area (Å²) in [5.74, 6) is 0.769. The van der Waals surface area contributed by atoms with E-state index in [9.17, 15) is 4.79 Å². The van der Waals surface area contributed by atoms with Gasteiger partial charge in [-0.25, -0.2) is 0 Å². The molecule has 0 bridgehead atoms. The van der Waals surface area contributed by atoms with Crippen molar-refractivity contribution in [1.82, 2.24) is 4.90 Å². The number of hydrogen-bond acceptors (Lipinski definition) is 4. The Bertz CT molecular complexity index is 265. The summed E-state index contributed by atoms with van der Waals surface area (Å²) in [7, 11) is 3.31. The van der Waals surface area contributed by atoms with Crippen molar-refractivity contribution >= 4 is 5.91 Å². The number of carbonyl (C=O) groups is 1. The van der Waals surface area contributed by atoms with E-state index in [-0.39, 0.29) is 17.9 Å². The Morgan fingerprint density at radius 1 is 1.21 bits per heavy atom. The lowest BCUT2D eigenvalue weighted by Gasteiger charge is -2.34. The van der Waals surface area contributed by atoms with Crippen LogP contribution in [0.25, 0.3) is 0 Å². The second-order valence-corrected chi connectivity index (χ2v) is 5.46. The smallest absolute Gasteiger partial charge is 0.225 e. The highest BCUT2D eigenvalue weighted by molar-refractivity contribution is 5.79. The van der Waals surface area contributed by atoms with Crippen molar-refractivity contribution in [3.8, 4) is 0 Å². The number of nitrogens with two attached hydrogens (primary N) is 1. The topological polar surface area (TPSA) is 64.8 Å². The van der Waals surface area contributed by atoms with Crippen LogP contribution in [0.3, 0.4) is 0 Å². The van der Waals surface area contributed by atoms with Gasteiger partial charge in [0.25, 0.3) is 0 Å². The Morgan fingerprint density at radius 3 is 2.26 bits per heavy atom. The summed E-state index contributed by atoms with van der Waals surface area (Å²) in [6.45, 7) is 4.54. The van der Waals surface area contributed by atoms with Crippen LogP contribution in [0.15, 0.2) is 0 Å². The van der Waals surface area contributed by atoms with Crippen LogP contribution in [0.2, 0.25) is 0 Å². The molecule has 5 heteroatoms. The van der Waals surface area contributed by atoms with Gasteiger partial charge in [0.05, 0.1) is 13.2 Å². The van der Waals surface area contributed by atoms with Gasteiger partial charge in [-0.3, -0.25) is 4.79 Å². The van der Waals surface area contributed by atoms with Crippen molar-refractivity contribution in [2.45, 2.75) is 32.2 Å². The van der Waals surface area contributed by atoms with Gasteiger partial charge in [-0.1, -0.05) is 6.92 Å². The molecule has 0 radical (unpaired) electrons. The molecule has 3 unspecified atom stereocenters. The Kier molecular flexibility index (Phi) is 7.34. The van der Waals surface area contributed by atoms with Gasteiger partial charge in [0.15, 0.2) is 0 Å². The third kappa shape index (κ3) is 5.09. The van der Waals surface area contributed by atoms with E-state index in [1.54, 1.807) is 14.2 Å². The van der Waals surface area contributed by atoms with Crippen LogP contribution < -0.4 is 5.73 Å². The molecule has 0 spiro atoms. The molecule has 1 rings (SSSR count). The summed E-state index contributed by atoms with van der Waals surface area (Å²) in [5.41, 5.74) is 6.01. The van der Waals surface area contributed by atoms with Crippen molar-refractivity contribution in [3.05, 3.63) is 0 Å². The first kappa shape index (κ1) is 16.4. The number of methoxy groups -OCH3 is 2. The lowest BCUT2D eigenvalue weighted by atomic mass is 9.79. The monoisotopic (exact) mass is 272 g/mol. The average molecular weight is 272 g/mol. The number of carbonyl (C=O) groups excluding carboxylic acids is 1. The quantitative estimate of drug-likeness (QED) is 0.747. The predicted octanol–water partition coefficient (Wildman–Crippen LogP) is 0.871. The standard InChI is InChI=1S/C14H28N2O3/c1-11-10-12(4-5-13(11)15)14(17)16(6-8-18-2)7-9-19-3/h11-13H,4-10,15H2,1-3H3. The summed E-state index contributed by atoms with van der Waals surface area (Å²) >= 11 is 0. The van der Waals surface area contributed by atoms with Crippen molar-refractivity contribution in [2.24, 2.45) is 17.6 Å². The van der Waals surface area contributed by atoms with Gasteiger partial charge in [0, 0.05) is 39.3 Å². The lowest BCUT2D eigenvalue weighted by molar-refractivity contribution is -0.138. The van der Waals surface area contributed by atoms with Gasteiger partial charge >= 0.3 is 0 Å². The first-order valence-corrected chi connectivity index (χ1v) is 7.12. The average Bonchev–Trinajstić information content (AvgIpc) is 2.41. The molecule has 1 aliphatic rings. The van der Waals surface area contributed by atoms with Gasteiger partial charge in [-0.2, -0.15) is 0 Å². The second kappa shape index (κ2) is 8.51. The fourth-order valence-corrected chi connectivity index (χ4v) is 2.64. The van der Waals surface area contributed by atoms with Gasteiger partial charge in [-0.05, 0) is 25.2 Å². The van der Waals surface area contributed by atoms with E-state index in [0.29, 0.717) is 32.2 Å². The van der Waals surface area contributed by atoms with Crippen molar-refractivity contribution in [2.75, 3.05) is 40.5 Å². The molecule has 1 fully saturated rings. The maximum Gasteiger partial charge on any atom is 0.225 e. The van der Waals surface area contributed by atoms with Crippen molar-refractivity contribution < 1.29 is 14.3 Å². The summed E-state index contributed by atoms with van der Waals surface area (Å²) < 4.78 is 10.1. The van der Waals surface area contributed by atoms with E-state index < -0.39 is 0 Å². The van der Waals surface area contributed by atoms with Gasteiger partial charge in [0.1, 0.15) is 0 Å². The van der Waals surface area contributed by atoms with E-state index in [2.05, 4.69) is 6.92 Å². The van der Waals surface area contributed by atoms with Crippen LogP contribution in [-0.2, 0) is 14.3 Å². The molecule has 1 aliphatic carbocycles. The molecule has 3 atom stereocenters. The van der Waals surface area contributed by atoms with Crippen LogP contribution in [0, 0.1) is 11.8 Å². The summed E-state index contributed by atoms with van der Waals surface area (Å²) in [4.78, 5) is 14.4. The maximum absolute atomic E-state index is 12.5. The molecule has 0 aliphatic heterocycles. The van der Waals surface area contributed by atoms with E-state index in [4.69, 9.17) is 15.2 Å². The molecule has 0 aromatic carbocycles. The van der Waals surface area contributed by atoms with E-state index in [0.717, 1.165) is 19.3 Å². The number of rotatable bonds is 7. The minimum absolute atomic E-state index is 0.114. The van der Waals surface area contributed by atoms with E-state index >= 15 is 0 Å². The molecule has 5 nitrogen and oxygen atoms in total. The Balaban J connectivity index is 2.54. The Hall–Kier alpha value is -0.650. The molecule has 0 saturated heterocycles. The van der Waals surface area contributed by atoms with E-state index in [1.165, 1.54) is 0 Å². The zero-order valence-electron chi connectivity index (χ0n) is 12.4. The molecule has 19 heavy (non-hydrogen) atoms. The van der Waals surface area contributed by atoms with Crippen LogP contribution in [-0.4, -0.2) is 57.4 Å². The molecule has 1 amide bonds. The maximum atomic E-state index is 12.5. The normalized spacial score (nSPS) is 27.3. The summed E-state index contributed by atoms with van der Waals surface area (Å²) in [5, 5.41) is 0. The van der Waals surface area contributed by atoms with Gasteiger partial charge < -0.3 is 20.1 Å². The fraction of sp³-hybridized carbons (Fsp3) is 0.929. The van der Waals surface area contributed by atoms with Crippen molar-refractivity contribution in [1.29, 1.82) is 0 Å². The Labute approximate surface area is 116 Å². The molecule has 1 saturated carbocycles. The number of amides is 1. The van der Waals surface area contributed by atoms with Crippen molar-refractivity contribution in [3.63, 3.8) is 0 Å². The van der Waals surface area contributed by atoms with Gasteiger partial charge in [0.2, 0.25) is 5.91 Å². The van der Waals surface area contributed by atoms with Crippen LogP contribution in [0.5, 0.6) is 0 Å². The Morgan fingerprint density at radius 2 is 1.79 bits per heavy atom.